The zero-order chi connectivity index (χ0) is 24.1. The van der Waals surface area contributed by atoms with Gasteiger partial charge in [-0.25, -0.2) is 4.52 Å². The molecule has 6 nitrogen and oxygen atoms in total. The number of fused-ring (bicyclic) bond motifs is 1. The van der Waals surface area contributed by atoms with Gasteiger partial charge < -0.3 is 9.80 Å². The minimum absolute atomic E-state index is 0.306. The lowest BCUT2D eigenvalue weighted by Gasteiger charge is -2.36. The fourth-order valence-electron chi connectivity index (χ4n) is 6.15. The summed E-state index contributed by atoms with van der Waals surface area (Å²) in [5.74, 6) is 1.29. The number of piperazine rings is 1. The van der Waals surface area contributed by atoms with Crippen LogP contribution in [0.5, 0.6) is 0 Å². The van der Waals surface area contributed by atoms with E-state index in [0.29, 0.717) is 29.8 Å². The van der Waals surface area contributed by atoms with Crippen LogP contribution >= 0.6 is 0 Å². The van der Waals surface area contributed by atoms with Gasteiger partial charge in [0.2, 0.25) is 5.91 Å². The highest BCUT2D eigenvalue weighted by Gasteiger charge is 2.35. The van der Waals surface area contributed by atoms with Crippen molar-refractivity contribution in [2.75, 3.05) is 37.6 Å². The first kappa shape index (κ1) is 22.6. The molecule has 0 N–H and O–H groups in total. The van der Waals surface area contributed by atoms with Crippen molar-refractivity contribution < 1.29 is 4.79 Å². The Bertz CT molecular complexity index is 1200. The fourth-order valence-corrected chi connectivity index (χ4v) is 6.15. The number of carbonyl (C=O) groups is 1. The van der Waals surface area contributed by atoms with Crippen LogP contribution in [0.25, 0.3) is 16.6 Å². The minimum atomic E-state index is 0.306. The van der Waals surface area contributed by atoms with Crippen LogP contribution in [-0.4, -0.2) is 70.1 Å². The number of likely N-dealkylation sites (tertiary alicyclic amines) is 1. The van der Waals surface area contributed by atoms with E-state index in [0.717, 1.165) is 51.1 Å². The summed E-state index contributed by atoms with van der Waals surface area (Å²) in [7, 11) is 0. The molecule has 1 saturated carbocycles. The van der Waals surface area contributed by atoms with E-state index in [2.05, 4.69) is 83.2 Å². The van der Waals surface area contributed by atoms with Crippen molar-refractivity contribution in [1.29, 1.82) is 0 Å². The van der Waals surface area contributed by atoms with Gasteiger partial charge in [-0.1, -0.05) is 24.3 Å². The second-order valence-corrected chi connectivity index (χ2v) is 11.1. The summed E-state index contributed by atoms with van der Waals surface area (Å²) in [6.07, 6.45) is 7.42. The van der Waals surface area contributed by atoms with Gasteiger partial charge in [-0.15, -0.1) is 0 Å². The van der Waals surface area contributed by atoms with E-state index in [1.165, 1.54) is 28.8 Å². The highest BCUT2D eigenvalue weighted by atomic mass is 16.2. The zero-order valence-corrected chi connectivity index (χ0v) is 21.2. The van der Waals surface area contributed by atoms with Crippen LogP contribution in [0.2, 0.25) is 0 Å². The molecule has 2 saturated heterocycles. The molecule has 0 bridgehead atoms. The molecule has 184 valence electrons. The summed E-state index contributed by atoms with van der Waals surface area (Å²) in [6, 6.07) is 14.8. The van der Waals surface area contributed by atoms with Crippen LogP contribution in [0, 0.1) is 5.92 Å². The molecule has 3 fully saturated rings. The van der Waals surface area contributed by atoms with Gasteiger partial charge in [0, 0.05) is 68.7 Å². The van der Waals surface area contributed by atoms with E-state index in [9.17, 15) is 4.79 Å². The topological polar surface area (TPSA) is 44.1 Å². The van der Waals surface area contributed by atoms with E-state index < -0.39 is 0 Å². The first-order valence-corrected chi connectivity index (χ1v) is 13.3. The Kier molecular flexibility index (Phi) is 5.79. The molecule has 2 atom stereocenters. The quantitative estimate of drug-likeness (QED) is 0.544. The van der Waals surface area contributed by atoms with Gasteiger partial charge in [-0.2, -0.15) is 5.10 Å². The number of carbonyl (C=O) groups excluding carboxylic acids is 1. The summed E-state index contributed by atoms with van der Waals surface area (Å²) in [5, 5.41) is 4.59. The van der Waals surface area contributed by atoms with Crippen LogP contribution in [0.15, 0.2) is 48.8 Å². The molecule has 2 aromatic heterocycles. The van der Waals surface area contributed by atoms with Crippen molar-refractivity contribution in [1.82, 2.24) is 19.4 Å². The lowest BCUT2D eigenvalue weighted by atomic mass is 9.95. The van der Waals surface area contributed by atoms with Crippen LogP contribution in [0.1, 0.15) is 51.5 Å². The Labute approximate surface area is 208 Å². The maximum Gasteiger partial charge on any atom is 0.225 e. The molecule has 0 spiro atoms. The first-order chi connectivity index (χ1) is 17.0. The second-order valence-electron chi connectivity index (χ2n) is 11.1. The third-order valence-electron chi connectivity index (χ3n) is 8.35. The van der Waals surface area contributed by atoms with Crippen molar-refractivity contribution >= 4 is 17.1 Å². The molecular weight excluding hydrogens is 434 g/mol. The number of rotatable bonds is 5. The number of aromatic nitrogens is 2. The summed E-state index contributed by atoms with van der Waals surface area (Å²) in [6.45, 7) is 11.5. The van der Waals surface area contributed by atoms with Crippen molar-refractivity contribution in [2.45, 2.75) is 58.0 Å². The van der Waals surface area contributed by atoms with Gasteiger partial charge in [0.15, 0.2) is 0 Å². The molecule has 3 aliphatic rings. The Morgan fingerprint density at radius 3 is 2.40 bits per heavy atom. The zero-order valence-electron chi connectivity index (χ0n) is 21.2. The largest absolute Gasteiger partial charge is 0.366 e. The van der Waals surface area contributed by atoms with Crippen molar-refractivity contribution in [2.24, 2.45) is 5.92 Å². The number of benzene rings is 1. The predicted molar refractivity (Wildman–Crippen MR) is 141 cm³/mol. The van der Waals surface area contributed by atoms with Crippen molar-refractivity contribution in [3.8, 4) is 11.1 Å². The Morgan fingerprint density at radius 1 is 1.00 bits per heavy atom. The second kappa shape index (κ2) is 8.98. The van der Waals surface area contributed by atoms with Crippen LogP contribution < -0.4 is 4.90 Å². The lowest BCUT2D eigenvalue weighted by molar-refractivity contribution is -0.132. The third-order valence-corrected chi connectivity index (χ3v) is 8.35. The molecule has 4 heterocycles. The number of hydrogen-bond donors (Lipinski definition) is 0. The standard InChI is InChI=1S/C29H37N5O/c1-20(2)33-18-25(16-21(33)3)22-4-6-23(7-5-22)26-17-28-27(10-11-30-34(28)19-26)31-12-14-32(15-13-31)29(35)24-8-9-24/h4-7,10-11,17,19-21,24-25H,8-9,12-16,18H2,1-3H3/t21-,25+/m0/s1. The van der Waals surface area contributed by atoms with Gasteiger partial charge in [0.25, 0.3) is 0 Å². The maximum atomic E-state index is 12.4. The van der Waals surface area contributed by atoms with E-state index in [1.807, 2.05) is 10.7 Å². The molecule has 2 aliphatic heterocycles. The smallest absolute Gasteiger partial charge is 0.225 e. The van der Waals surface area contributed by atoms with Gasteiger partial charge in [0.05, 0.1) is 11.2 Å². The van der Waals surface area contributed by atoms with Crippen LogP contribution in [0.4, 0.5) is 5.69 Å². The molecular formula is C29H37N5O. The average molecular weight is 472 g/mol. The molecule has 1 aliphatic carbocycles. The molecule has 1 aromatic carbocycles. The first-order valence-electron chi connectivity index (χ1n) is 13.3. The van der Waals surface area contributed by atoms with E-state index in [-0.39, 0.29) is 0 Å². The van der Waals surface area contributed by atoms with Crippen LogP contribution in [0.3, 0.4) is 0 Å². The predicted octanol–water partition coefficient (Wildman–Crippen LogP) is 4.65. The Balaban J connectivity index is 1.19. The van der Waals surface area contributed by atoms with Crippen LogP contribution in [-0.2, 0) is 4.79 Å². The molecule has 1 amide bonds. The summed E-state index contributed by atoms with van der Waals surface area (Å²) in [4.78, 5) is 19.5. The van der Waals surface area contributed by atoms with E-state index >= 15 is 0 Å². The molecule has 0 unspecified atom stereocenters. The Hall–Kier alpha value is -2.86. The number of anilines is 1. The summed E-state index contributed by atoms with van der Waals surface area (Å²) in [5.41, 5.74) is 6.21. The van der Waals surface area contributed by atoms with E-state index in [4.69, 9.17) is 0 Å². The van der Waals surface area contributed by atoms with Gasteiger partial charge in [0.1, 0.15) is 0 Å². The normalized spacial score (nSPS) is 23.5. The molecule has 6 rings (SSSR count). The minimum Gasteiger partial charge on any atom is -0.366 e. The Morgan fingerprint density at radius 2 is 1.74 bits per heavy atom. The third kappa shape index (κ3) is 4.33. The molecule has 0 radical (unpaired) electrons. The highest BCUT2D eigenvalue weighted by molar-refractivity contribution is 5.82. The molecule has 35 heavy (non-hydrogen) atoms. The summed E-state index contributed by atoms with van der Waals surface area (Å²) >= 11 is 0. The monoisotopic (exact) mass is 471 g/mol. The lowest BCUT2D eigenvalue weighted by Crippen LogP contribution is -2.49. The van der Waals surface area contributed by atoms with Crippen molar-refractivity contribution in [3.63, 3.8) is 0 Å². The number of nitrogens with zero attached hydrogens (tertiary/aromatic N) is 5. The van der Waals surface area contributed by atoms with Crippen molar-refractivity contribution in [3.05, 3.63) is 54.4 Å². The summed E-state index contributed by atoms with van der Waals surface area (Å²) < 4.78 is 2.00. The molecule has 6 heteroatoms. The number of amides is 1. The SMILES string of the molecule is CC(C)N1C[C@H](c2ccc(-c3cc4c(N5CCN(C(=O)C6CC6)CC5)ccnn4c3)cc2)C[C@@H]1C. The molecule has 3 aromatic rings. The average Bonchev–Trinajstić information content (AvgIpc) is 3.51. The van der Waals surface area contributed by atoms with E-state index in [1.54, 1.807) is 0 Å². The fraction of sp³-hybridized carbons (Fsp3) is 0.517. The van der Waals surface area contributed by atoms with Gasteiger partial charge >= 0.3 is 0 Å². The van der Waals surface area contributed by atoms with Gasteiger partial charge in [-0.05, 0) is 69.2 Å². The number of hydrogen-bond acceptors (Lipinski definition) is 4. The highest BCUT2D eigenvalue weighted by Crippen LogP contribution is 2.35. The van der Waals surface area contributed by atoms with Gasteiger partial charge in [-0.3, -0.25) is 9.69 Å². The maximum absolute atomic E-state index is 12.4.